The second-order valence-corrected chi connectivity index (χ2v) is 12.7. The van der Waals surface area contributed by atoms with Crippen LogP contribution in [0.5, 0.6) is 0 Å². The van der Waals surface area contributed by atoms with Crippen LogP contribution < -0.4 is 9.62 Å². The highest BCUT2D eigenvalue weighted by Gasteiger charge is 2.34. The average Bonchev–Trinajstić information content (AvgIpc) is 2.94. The molecular formula is C32H38FN3O4S. The number of anilines is 1. The normalized spacial score (nSPS) is 14.7. The number of nitrogens with zero attached hydrogens (tertiary/aromatic N) is 2. The van der Waals surface area contributed by atoms with E-state index in [-0.39, 0.29) is 30.6 Å². The maximum Gasteiger partial charge on any atom is 0.244 e. The van der Waals surface area contributed by atoms with Gasteiger partial charge in [0, 0.05) is 19.0 Å². The number of aryl methyl sites for hydroxylation is 1. The molecule has 0 saturated heterocycles. The highest BCUT2D eigenvalue weighted by Crippen LogP contribution is 2.22. The quantitative estimate of drug-likeness (QED) is 0.347. The number of hydrogen-bond acceptors (Lipinski definition) is 4. The van der Waals surface area contributed by atoms with Gasteiger partial charge in [0.05, 0.1) is 11.9 Å². The lowest BCUT2D eigenvalue weighted by Crippen LogP contribution is -2.55. The maximum atomic E-state index is 14.1. The number of hydrogen-bond donors (Lipinski definition) is 1. The van der Waals surface area contributed by atoms with Gasteiger partial charge >= 0.3 is 0 Å². The predicted molar refractivity (Wildman–Crippen MR) is 159 cm³/mol. The van der Waals surface area contributed by atoms with Gasteiger partial charge < -0.3 is 10.2 Å². The lowest BCUT2D eigenvalue weighted by atomic mass is 9.94. The lowest BCUT2D eigenvalue weighted by Gasteiger charge is -2.35. The molecule has 3 aromatic carbocycles. The number of sulfonamides is 1. The Labute approximate surface area is 242 Å². The Morgan fingerprint density at radius 2 is 1.59 bits per heavy atom. The third-order valence-electron chi connectivity index (χ3n) is 7.45. The highest BCUT2D eigenvalue weighted by molar-refractivity contribution is 7.92. The summed E-state index contributed by atoms with van der Waals surface area (Å²) in [7, 11) is -3.90. The Kier molecular flexibility index (Phi) is 10.2. The van der Waals surface area contributed by atoms with Crippen molar-refractivity contribution in [1.29, 1.82) is 0 Å². The van der Waals surface area contributed by atoms with E-state index < -0.39 is 34.3 Å². The van der Waals surface area contributed by atoms with Gasteiger partial charge in [-0.2, -0.15) is 0 Å². The van der Waals surface area contributed by atoms with E-state index in [2.05, 4.69) is 5.32 Å². The van der Waals surface area contributed by atoms with E-state index in [0.29, 0.717) is 0 Å². The Balaban J connectivity index is 1.71. The second kappa shape index (κ2) is 13.8. The summed E-state index contributed by atoms with van der Waals surface area (Å²) in [5, 5.41) is 3.19. The second-order valence-electron chi connectivity index (χ2n) is 10.8. The predicted octanol–water partition coefficient (Wildman–Crippen LogP) is 4.99. The smallest absolute Gasteiger partial charge is 0.244 e. The van der Waals surface area contributed by atoms with Gasteiger partial charge in [-0.15, -0.1) is 0 Å². The van der Waals surface area contributed by atoms with Gasteiger partial charge in [-0.1, -0.05) is 79.4 Å². The Morgan fingerprint density at radius 1 is 0.927 bits per heavy atom. The number of nitrogens with one attached hydrogen (secondary N) is 1. The molecule has 0 heterocycles. The molecule has 7 nitrogen and oxygen atoms in total. The minimum atomic E-state index is -3.90. The van der Waals surface area contributed by atoms with Gasteiger partial charge in [0.25, 0.3) is 0 Å². The van der Waals surface area contributed by atoms with E-state index in [1.54, 1.807) is 0 Å². The van der Waals surface area contributed by atoms with Crippen molar-refractivity contribution in [2.45, 2.75) is 64.1 Å². The fourth-order valence-corrected chi connectivity index (χ4v) is 6.18. The first-order valence-corrected chi connectivity index (χ1v) is 15.9. The summed E-state index contributed by atoms with van der Waals surface area (Å²) in [6.07, 6.45) is 6.28. The van der Waals surface area contributed by atoms with Gasteiger partial charge in [-0.3, -0.25) is 13.9 Å². The SMILES string of the molecule is Cc1cccc(CN(C(=O)CN(c2ccc(F)cc2)S(C)(=O)=O)[C@@H](Cc2ccccc2)C(=O)NC2CCCCC2)c1. The summed E-state index contributed by atoms with van der Waals surface area (Å²) in [5.74, 6) is -1.30. The van der Waals surface area contributed by atoms with Gasteiger partial charge in [-0.25, -0.2) is 12.8 Å². The minimum absolute atomic E-state index is 0.0391. The molecule has 1 aliphatic rings. The zero-order valence-electron chi connectivity index (χ0n) is 23.6. The van der Waals surface area contributed by atoms with Crippen LogP contribution in [0.1, 0.15) is 48.8 Å². The van der Waals surface area contributed by atoms with Crippen LogP contribution in [0.25, 0.3) is 0 Å². The molecule has 1 fully saturated rings. The monoisotopic (exact) mass is 579 g/mol. The zero-order valence-corrected chi connectivity index (χ0v) is 24.4. The molecule has 4 rings (SSSR count). The van der Waals surface area contributed by atoms with E-state index in [1.807, 2.05) is 61.5 Å². The summed E-state index contributed by atoms with van der Waals surface area (Å²) in [5.41, 5.74) is 2.89. The first-order valence-electron chi connectivity index (χ1n) is 14.0. The van der Waals surface area contributed by atoms with Crippen LogP contribution in [0, 0.1) is 12.7 Å². The van der Waals surface area contributed by atoms with Crippen molar-refractivity contribution >= 4 is 27.5 Å². The minimum Gasteiger partial charge on any atom is -0.352 e. The first-order chi connectivity index (χ1) is 19.6. The number of rotatable bonds is 11. The summed E-state index contributed by atoms with van der Waals surface area (Å²) < 4.78 is 40.2. The van der Waals surface area contributed by atoms with E-state index >= 15 is 0 Å². The summed E-state index contributed by atoms with van der Waals surface area (Å²) in [6, 6.07) is 21.3. The maximum absolute atomic E-state index is 14.1. The van der Waals surface area contributed by atoms with Crippen molar-refractivity contribution in [3.8, 4) is 0 Å². The highest BCUT2D eigenvalue weighted by atomic mass is 32.2. The summed E-state index contributed by atoms with van der Waals surface area (Å²) >= 11 is 0. The number of carbonyl (C=O) groups is 2. The lowest BCUT2D eigenvalue weighted by molar-refractivity contribution is -0.140. The van der Waals surface area contributed by atoms with Crippen molar-refractivity contribution in [3.05, 3.63) is 101 Å². The molecule has 0 bridgehead atoms. The molecule has 3 aromatic rings. The number of halogens is 1. The average molecular weight is 580 g/mol. The summed E-state index contributed by atoms with van der Waals surface area (Å²) in [6.45, 7) is 1.54. The molecule has 0 spiro atoms. The van der Waals surface area contributed by atoms with Gasteiger partial charge in [0.2, 0.25) is 21.8 Å². The third kappa shape index (κ3) is 8.63. The Morgan fingerprint density at radius 3 is 2.22 bits per heavy atom. The van der Waals surface area contributed by atoms with Crippen LogP contribution in [0.3, 0.4) is 0 Å². The fraction of sp³-hybridized carbons (Fsp3) is 0.375. The molecule has 0 aromatic heterocycles. The number of amides is 2. The van der Waals surface area contributed by atoms with Gasteiger partial charge in [0.15, 0.2) is 0 Å². The molecule has 1 saturated carbocycles. The van der Waals surface area contributed by atoms with E-state index in [0.717, 1.165) is 71.5 Å². The van der Waals surface area contributed by atoms with E-state index in [1.165, 1.54) is 17.0 Å². The molecule has 41 heavy (non-hydrogen) atoms. The van der Waals surface area contributed by atoms with Crippen molar-refractivity contribution in [1.82, 2.24) is 10.2 Å². The molecule has 9 heteroatoms. The molecule has 218 valence electrons. The molecular weight excluding hydrogens is 541 g/mol. The molecule has 1 N–H and O–H groups in total. The molecule has 1 aliphatic carbocycles. The molecule has 2 amide bonds. The van der Waals surface area contributed by atoms with Crippen molar-refractivity contribution in [2.24, 2.45) is 0 Å². The zero-order chi connectivity index (χ0) is 29.4. The molecule has 0 unspecified atom stereocenters. The van der Waals surface area contributed by atoms with Crippen LogP contribution in [0.2, 0.25) is 0 Å². The molecule has 0 radical (unpaired) electrons. The Hall–Kier alpha value is -3.72. The van der Waals surface area contributed by atoms with Gasteiger partial charge in [-0.05, 0) is 55.2 Å². The standard InChI is InChI=1S/C32H38FN3O4S/c1-24-10-9-13-26(20-24)22-35(31(37)23-36(41(2,39)40)29-18-16-27(33)17-19-29)30(21-25-11-5-3-6-12-25)32(38)34-28-14-7-4-8-15-28/h3,5-6,9-13,16-20,28,30H,4,7-8,14-15,21-23H2,1-2H3,(H,34,38)/t30-/m0/s1. The number of carbonyl (C=O) groups excluding carboxylic acids is 2. The molecule has 1 atom stereocenters. The van der Waals surface area contributed by atoms with Crippen molar-refractivity contribution in [3.63, 3.8) is 0 Å². The van der Waals surface area contributed by atoms with E-state index in [4.69, 9.17) is 0 Å². The third-order valence-corrected chi connectivity index (χ3v) is 8.59. The largest absolute Gasteiger partial charge is 0.352 e. The van der Waals surface area contributed by atoms with Crippen LogP contribution in [0.15, 0.2) is 78.9 Å². The Bertz CT molecular complexity index is 1420. The van der Waals surface area contributed by atoms with E-state index in [9.17, 15) is 22.4 Å². The van der Waals surface area contributed by atoms with Crippen LogP contribution in [0.4, 0.5) is 10.1 Å². The fourth-order valence-electron chi connectivity index (χ4n) is 5.33. The first kappa shape index (κ1) is 30.2. The van der Waals surface area contributed by atoms with Crippen LogP contribution >= 0.6 is 0 Å². The van der Waals surface area contributed by atoms with Crippen molar-refractivity contribution < 1.29 is 22.4 Å². The topological polar surface area (TPSA) is 86.8 Å². The number of benzene rings is 3. The van der Waals surface area contributed by atoms with Crippen LogP contribution in [-0.2, 0) is 32.6 Å². The van der Waals surface area contributed by atoms with Gasteiger partial charge in [0.1, 0.15) is 18.4 Å². The summed E-state index contributed by atoms with van der Waals surface area (Å²) in [4.78, 5) is 29.5. The molecule has 0 aliphatic heterocycles. The van der Waals surface area contributed by atoms with Crippen LogP contribution in [-0.4, -0.2) is 50.0 Å². The van der Waals surface area contributed by atoms with Crippen molar-refractivity contribution in [2.75, 3.05) is 17.1 Å².